The van der Waals surface area contributed by atoms with Crippen LogP contribution in [0.2, 0.25) is 0 Å². The smallest absolute Gasteiger partial charge is 0.349 e. The second kappa shape index (κ2) is 7.67. The van der Waals surface area contributed by atoms with Gasteiger partial charge in [-0.15, -0.1) is 11.3 Å². The van der Waals surface area contributed by atoms with Gasteiger partial charge in [0.15, 0.2) is 0 Å². The van der Waals surface area contributed by atoms with E-state index in [0.717, 1.165) is 25.7 Å². The van der Waals surface area contributed by atoms with Crippen molar-refractivity contribution in [2.24, 2.45) is 0 Å². The topological polar surface area (TPSA) is 42.4 Å². The molecule has 0 saturated carbocycles. The highest BCUT2D eigenvalue weighted by atomic mass is 32.1. The van der Waals surface area contributed by atoms with Gasteiger partial charge < -0.3 is 4.74 Å². The number of carbonyl (C=O) groups is 1. The SMILES string of the molecule is CCOc1ccc([C@H]2N(c3ccc(-c4nc5ccc(C)cc5s4)cc3)C(=O)C2(F)F)cc1. The van der Waals surface area contributed by atoms with Crippen LogP contribution in [0.3, 0.4) is 0 Å². The summed E-state index contributed by atoms with van der Waals surface area (Å²) in [6.07, 6.45) is 0. The number of amides is 1. The lowest BCUT2D eigenvalue weighted by molar-refractivity contribution is -0.162. The summed E-state index contributed by atoms with van der Waals surface area (Å²) < 4.78 is 35.5. The van der Waals surface area contributed by atoms with Crippen LogP contribution < -0.4 is 9.64 Å². The van der Waals surface area contributed by atoms with Crippen molar-refractivity contribution in [2.75, 3.05) is 11.5 Å². The number of hydrogen-bond donors (Lipinski definition) is 0. The Morgan fingerprint density at radius 1 is 1.06 bits per heavy atom. The fourth-order valence-electron chi connectivity index (χ4n) is 3.95. The van der Waals surface area contributed by atoms with Gasteiger partial charge in [-0.05, 0) is 73.5 Å². The van der Waals surface area contributed by atoms with Crippen LogP contribution in [0.15, 0.2) is 66.7 Å². The first-order valence-corrected chi connectivity index (χ1v) is 11.1. The van der Waals surface area contributed by atoms with E-state index >= 15 is 0 Å². The molecule has 1 aliphatic rings. The third-order valence-electron chi connectivity index (χ3n) is 5.55. The number of halogens is 2. The van der Waals surface area contributed by atoms with E-state index in [0.29, 0.717) is 23.6 Å². The van der Waals surface area contributed by atoms with Crippen molar-refractivity contribution < 1.29 is 18.3 Å². The summed E-state index contributed by atoms with van der Waals surface area (Å²) in [7, 11) is 0. The van der Waals surface area contributed by atoms with Gasteiger partial charge in [-0.2, -0.15) is 8.78 Å². The molecule has 5 rings (SSSR count). The minimum Gasteiger partial charge on any atom is -0.494 e. The van der Waals surface area contributed by atoms with Gasteiger partial charge in [0.05, 0.1) is 16.8 Å². The van der Waals surface area contributed by atoms with Crippen LogP contribution in [0.4, 0.5) is 14.5 Å². The third kappa shape index (κ3) is 3.33. The number of hydrogen-bond acceptors (Lipinski definition) is 4. The Bertz CT molecular complexity index is 1300. The highest BCUT2D eigenvalue weighted by Gasteiger charge is 2.64. The van der Waals surface area contributed by atoms with Gasteiger partial charge in [0, 0.05) is 11.3 Å². The average Bonchev–Trinajstić information content (AvgIpc) is 3.21. The zero-order chi connectivity index (χ0) is 22.5. The lowest BCUT2D eigenvalue weighted by atomic mass is 9.88. The van der Waals surface area contributed by atoms with Gasteiger partial charge in [-0.1, -0.05) is 18.2 Å². The molecule has 3 aromatic carbocycles. The maximum absolute atomic E-state index is 14.5. The minimum atomic E-state index is -3.45. The second-order valence-corrected chi connectivity index (χ2v) is 8.77. The molecule has 0 aliphatic carbocycles. The van der Waals surface area contributed by atoms with Crippen molar-refractivity contribution in [1.29, 1.82) is 0 Å². The molecule has 0 spiro atoms. The van der Waals surface area contributed by atoms with Crippen molar-refractivity contribution in [3.63, 3.8) is 0 Å². The van der Waals surface area contributed by atoms with E-state index in [4.69, 9.17) is 4.74 Å². The number of alkyl halides is 2. The number of thiazole rings is 1. The summed E-state index contributed by atoms with van der Waals surface area (Å²) >= 11 is 1.58. The van der Waals surface area contributed by atoms with Gasteiger partial charge in [-0.25, -0.2) is 4.98 Å². The highest BCUT2D eigenvalue weighted by molar-refractivity contribution is 7.21. The van der Waals surface area contributed by atoms with Crippen molar-refractivity contribution in [3.8, 4) is 16.3 Å². The van der Waals surface area contributed by atoms with E-state index in [1.807, 2.05) is 38.1 Å². The fraction of sp³-hybridized carbons (Fsp3) is 0.200. The molecular formula is C25H20F2N2O2S. The summed E-state index contributed by atoms with van der Waals surface area (Å²) in [6.45, 7) is 4.38. The summed E-state index contributed by atoms with van der Waals surface area (Å²) in [5.74, 6) is -4.04. The van der Waals surface area contributed by atoms with Crippen LogP contribution in [0.25, 0.3) is 20.8 Å². The average molecular weight is 451 g/mol. The Kier molecular flexibility index (Phi) is 4.93. The van der Waals surface area contributed by atoms with E-state index in [1.165, 1.54) is 5.56 Å². The van der Waals surface area contributed by atoms with Crippen LogP contribution in [-0.2, 0) is 4.79 Å². The van der Waals surface area contributed by atoms with Gasteiger partial charge in [0.1, 0.15) is 16.8 Å². The van der Waals surface area contributed by atoms with Crippen LogP contribution in [0.5, 0.6) is 5.75 Å². The zero-order valence-electron chi connectivity index (χ0n) is 17.5. The molecule has 1 fully saturated rings. The van der Waals surface area contributed by atoms with Gasteiger partial charge >= 0.3 is 11.8 Å². The quantitative estimate of drug-likeness (QED) is 0.331. The van der Waals surface area contributed by atoms with Gasteiger partial charge in [0.2, 0.25) is 0 Å². The lowest BCUT2D eigenvalue weighted by Crippen LogP contribution is -2.64. The normalized spacial score (nSPS) is 17.4. The van der Waals surface area contributed by atoms with E-state index in [1.54, 1.807) is 47.7 Å². The van der Waals surface area contributed by atoms with Crippen molar-refractivity contribution >= 4 is 33.1 Å². The van der Waals surface area contributed by atoms with E-state index in [2.05, 4.69) is 11.1 Å². The number of rotatable bonds is 5. The molecule has 1 aromatic heterocycles. The highest BCUT2D eigenvalue weighted by Crippen LogP contribution is 2.50. The number of β-lactam (4-membered cyclic amide) rings is 1. The fourth-order valence-corrected chi connectivity index (χ4v) is 5.02. The maximum Gasteiger partial charge on any atom is 0.349 e. The molecule has 162 valence electrons. The summed E-state index contributed by atoms with van der Waals surface area (Å²) in [6, 6.07) is 18.2. The van der Waals surface area contributed by atoms with Crippen molar-refractivity contribution in [1.82, 2.24) is 4.98 Å². The van der Waals surface area contributed by atoms with Crippen LogP contribution >= 0.6 is 11.3 Å². The Balaban J connectivity index is 1.44. The third-order valence-corrected chi connectivity index (χ3v) is 6.62. The minimum absolute atomic E-state index is 0.365. The molecule has 4 aromatic rings. The first-order chi connectivity index (χ1) is 15.4. The zero-order valence-corrected chi connectivity index (χ0v) is 18.3. The largest absolute Gasteiger partial charge is 0.494 e. The van der Waals surface area contributed by atoms with Crippen LogP contribution in [0, 0.1) is 6.92 Å². The molecule has 1 amide bonds. The molecule has 7 heteroatoms. The molecule has 0 radical (unpaired) electrons. The molecule has 4 nitrogen and oxygen atoms in total. The Hall–Kier alpha value is -3.32. The molecule has 1 atom stereocenters. The molecule has 0 unspecified atom stereocenters. The molecule has 0 N–H and O–H groups in total. The van der Waals surface area contributed by atoms with Crippen molar-refractivity contribution in [2.45, 2.75) is 25.8 Å². The molecular weight excluding hydrogens is 430 g/mol. The number of carbonyl (C=O) groups excluding carboxylic acids is 1. The number of nitrogens with zero attached hydrogens (tertiary/aromatic N) is 2. The Morgan fingerprint density at radius 2 is 1.78 bits per heavy atom. The second-order valence-electron chi connectivity index (χ2n) is 7.74. The number of ether oxygens (including phenoxy) is 1. The standard InChI is InChI=1S/C25H20F2N2O2S/c1-3-31-19-11-7-16(8-12-19)22-25(26,27)24(30)29(22)18-9-5-17(6-10-18)23-28-20-13-4-15(2)14-21(20)32-23/h4-14,22H,3H2,1-2H3/t22-/m1/s1. The number of aromatic nitrogens is 1. The monoisotopic (exact) mass is 450 g/mol. The molecule has 1 saturated heterocycles. The molecule has 1 aliphatic heterocycles. The van der Waals surface area contributed by atoms with Crippen molar-refractivity contribution in [3.05, 3.63) is 77.9 Å². The maximum atomic E-state index is 14.5. The van der Waals surface area contributed by atoms with Gasteiger partial charge in [0.25, 0.3) is 0 Å². The van der Waals surface area contributed by atoms with Crippen LogP contribution in [-0.4, -0.2) is 23.4 Å². The number of benzene rings is 3. The van der Waals surface area contributed by atoms with E-state index in [-0.39, 0.29) is 0 Å². The number of anilines is 1. The number of aryl methyl sites for hydroxylation is 1. The first-order valence-electron chi connectivity index (χ1n) is 10.3. The predicted octanol–water partition coefficient (Wildman–Crippen LogP) is 6.39. The number of fused-ring (bicyclic) bond motifs is 1. The molecule has 2 heterocycles. The Labute approximate surface area is 188 Å². The predicted molar refractivity (Wildman–Crippen MR) is 123 cm³/mol. The summed E-state index contributed by atoms with van der Waals surface area (Å²) in [4.78, 5) is 18.1. The lowest BCUT2D eigenvalue weighted by Gasteiger charge is -2.46. The van der Waals surface area contributed by atoms with Crippen LogP contribution in [0.1, 0.15) is 24.1 Å². The summed E-state index contributed by atoms with van der Waals surface area (Å²) in [5, 5.41) is 0.848. The molecule has 0 bridgehead atoms. The molecule has 32 heavy (non-hydrogen) atoms. The van der Waals surface area contributed by atoms with E-state index < -0.39 is 17.9 Å². The summed E-state index contributed by atoms with van der Waals surface area (Å²) in [5.41, 5.74) is 3.77. The first kappa shape index (κ1) is 20.6. The van der Waals surface area contributed by atoms with Gasteiger partial charge in [-0.3, -0.25) is 9.69 Å². The van der Waals surface area contributed by atoms with E-state index in [9.17, 15) is 13.6 Å². The Morgan fingerprint density at radius 3 is 2.47 bits per heavy atom.